The average Bonchev–Trinajstić information content (AvgIpc) is 2.38. The van der Waals surface area contributed by atoms with Gasteiger partial charge in [0.15, 0.2) is 11.5 Å². The number of nitrogens with one attached hydrogen (secondary N) is 1. The highest BCUT2D eigenvalue weighted by Gasteiger charge is 2.12. The normalized spacial score (nSPS) is 11.4. The van der Waals surface area contributed by atoms with Gasteiger partial charge in [-0.15, -0.1) is 10.2 Å². The number of hydrogen-bond acceptors (Lipinski definition) is 5. The Bertz CT molecular complexity index is 437. The summed E-state index contributed by atoms with van der Waals surface area (Å²) >= 11 is 0. The van der Waals surface area contributed by atoms with Crippen molar-refractivity contribution in [1.29, 1.82) is 5.26 Å². The number of rotatable bonds is 5. The summed E-state index contributed by atoms with van der Waals surface area (Å²) in [4.78, 5) is 13.4. The summed E-state index contributed by atoms with van der Waals surface area (Å²) in [5, 5.41) is 19.2. The minimum absolute atomic E-state index is 0.0552. The van der Waals surface area contributed by atoms with Crippen LogP contribution in [0.15, 0.2) is 12.1 Å². The average molecular weight is 247 g/mol. The van der Waals surface area contributed by atoms with E-state index in [-0.39, 0.29) is 11.9 Å². The highest BCUT2D eigenvalue weighted by Crippen LogP contribution is 2.12. The number of aromatic nitrogens is 2. The summed E-state index contributed by atoms with van der Waals surface area (Å²) in [7, 11) is 1.85. The lowest BCUT2D eigenvalue weighted by Gasteiger charge is -2.23. The second kappa shape index (κ2) is 6.55. The Morgan fingerprint density at radius 2 is 2.28 bits per heavy atom. The molecule has 18 heavy (non-hydrogen) atoms. The molecule has 6 heteroatoms. The third-order valence-electron chi connectivity index (χ3n) is 2.63. The van der Waals surface area contributed by atoms with Crippen LogP contribution in [0.5, 0.6) is 0 Å². The molecule has 1 amide bonds. The van der Waals surface area contributed by atoms with Crippen LogP contribution in [-0.2, 0) is 0 Å². The number of nitrogens with zero attached hydrogens (tertiary/aromatic N) is 4. The summed E-state index contributed by atoms with van der Waals surface area (Å²) in [5.41, 5.74) is 0.293. The molecule has 96 valence electrons. The molecule has 0 saturated heterocycles. The Labute approximate surface area is 107 Å². The smallest absolute Gasteiger partial charge is 0.271 e. The zero-order valence-electron chi connectivity index (χ0n) is 10.8. The van der Waals surface area contributed by atoms with Gasteiger partial charge in [0.05, 0.1) is 12.5 Å². The van der Waals surface area contributed by atoms with Crippen LogP contribution in [0.3, 0.4) is 0 Å². The maximum atomic E-state index is 11.5. The van der Waals surface area contributed by atoms with E-state index in [2.05, 4.69) is 21.6 Å². The third-order valence-corrected chi connectivity index (χ3v) is 2.63. The predicted molar refractivity (Wildman–Crippen MR) is 68.1 cm³/mol. The van der Waals surface area contributed by atoms with Gasteiger partial charge in [-0.05, 0) is 26.0 Å². The first-order chi connectivity index (χ1) is 8.60. The van der Waals surface area contributed by atoms with E-state index in [9.17, 15) is 4.79 Å². The maximum Gasteiger partial charge on any atom is 0.271 e. The van der Waals surface area contributed by atoms with Crippen molar-refractivity contribution >= 4 is 11.7 Å². The molecule has 0 aliphatic carbocycles. The monoisotopic (exact) mass is 247 g/mol. The lowest BCUT2D eigenvalue weighted by atomic mass is 10.2. The molecule has 1 atom stereocenters. The summed E-state index contributed by atoms with van der Waals surface area (Å²) < 4.78 is 0. The second-order valence-corrected chi connectivity index (χ2v) is 3.96. The SMILES string of the molecule is CCNC(=O)c1ccc(N(C)C(C)CC#N)nn1. The number of nitriles is 1. The molecule has 0 radical (unpaired) electrons. The Morgan fingerprint density at radius 3 is 2.78 bits per heavy atom. The van der Waals surface area contributed by atoms with Crippen LogP contribution >= 0.6 is 0 Å². The maximum absolute atomic E-state index is 11.5. The molecular weight excluding hydrogens is 230 g/mol. The Balaban J connectivity index is 2.76. The van der Waals surface area contributed by atoms with Crippen molar-refractivity contribution in [3.05, 3.63) is 17.8 Å². The molecule has 1 N–H and O–H groups in total. The molecule has 1 heterocycles. The van der Waals surface area contributed by atoms with Crippen LogP contribution in [0.1, 0.15) is 30.8 Å². The van der Waals surface area contributed by atoms with Gasteiger partial charge in [-0.1, -0.05) is 0 Å². The van der Waals surface area contributed by atoms with Crippen LogP contribution < -0.4 is 10.2 Å². The molecule has 0 saturated carbocycles. The summed E-state index contributed by atoms with van der Waals surface area (Å²) in [5.74, 6) is 0.412. The van der Waals surface area contributed by atoms with Crippen molar-refractivity contribution in [2.75, 3.05) is 18.5 Å². The molecule has 1 unspecified atom stereocenters. The van der Waals surface area contributed by atoms with Crippen molar-refractivity contribution in [3.8, 4) is 6.07 Å². The van der Waals surface area contributed by atoms with Crippen molar-refractivity contribution < 1.29 is 4.79 Å². The van der Waals surface area contributed by atoms with E-state index in [0.717, 1.165) is 0 Å². The van der Waals surface area contributed by atoms with E-state index < -0.39 is 0 Å². The molecule has 0 fully saturated rings. The van der Waals surface area contributed by atoms with Crippen LogP contribution in [0.4, 0.5) is 5.82 Å². The van der Waals surface area contributed by atoms with Gasteiger partial charge in [-0.2, -0.15) is 5.26 Å². The lowest BCUT2D eigenvalue weighted by Crippen LogP contribution is -2.30. The zero-order valence-corrected chi connectivity index (χ0v) is 10.8. The minimum Gasteiger partial charge on any atom is -0.354 e. The van der Waals surface area contributed by atoms with Crippen LogP contribution in [-0.4, -0.2) is 35.7 Å². The topological polar surface area (TPSA) is 81.9 Å². The fourth-order valence-corrected chi connectivity index (χ4v) is 1.38. The van der Waals surface area contributed by atoms with Gasteiger partial charge in [0.25, 0.3) is 5.91 Å². The highest BCUT2D eigenvalue weighted by molar-refractivity contribution is 5.92. The predicted octanol–water partition coefficient (Wildman–Crippen LogP) is 0.965. The highest BCUT2D eigenvalue weighted by atomic mass is 16.1. The van der Waals surface area contributed by atoms with Gasteiger partial charge >= 0.3 is 0 Å². The first kappa shape index (κ1) is 13.9. The fourth-order valence-electron chi connectivity index (χ4n) is 1.38. The molecule has 0 aliphatic heterocycles. The molecule has 0 aromatic carbocycles. The van der Waals surface area contributed by atoms with Crippen LogP contribution in [0, 0.1) is 11.3 Å². The summed E-state index contributed by atoms with van der Waals surface area (Å²) in [6, 6.07) is 5.52. The number of hydrogen-bond donors (Lipinski definition) is 1. The molecule has 0 bridgehead atoms. The van der Waals surface area contributed by atoms with E-state index in [1.54, 1.807) is 12.1 Å². The van der Waals surface area contributed by atoms with Crippen molar-refractivity contribution in [2.45, 2.75) is 26.3 Å². The summed E-state index contributed by atoms with van der Waals surface area (Å²) in [6.07, 6.45) is 0.413. The molecule has 0 aliphatic rings. The molecule has 6 nitrogen and oxygen atoms in total. The van der Waals surface area contributed by atoms with E-state index in [1.165, 1.54) is 0 Å². The first-order valence-corrected chi connectivity index (χ1v) is 5.81. The quantitative estimate of drug-likeness (QED) is 0.838. The Morgan fingerprint density at radius 1 is 1.56 bits per heavy atom. The Hall–Kier alpha value is -2.16. The number of amides is 1. The van der Waals surface area contributed by atoms with Crippen molar-refractivity contribution in [1.82, 2.24) is 15.5 Å². The van der Waals surface area contributed by atoms with E-state index in [1.807, 2.05) is 25.8 Å². The van der Waals surface area contributed by atoms with Gasteiger partial charge < -0.3 is 10.2 Å². The molecular formula is C12H17N5O. The third kappa shape index (κ3) is 3.42. The molecule has 1 rings (SSSR count). The van der Waals surface area contributed by atoms with Gasteiger partial charge in [0.2, 0.25) is 0 Å². The van der Waals surface area contributed by atoms with Crippen LogP contribution in [0.2, 0.25) is 0 Å². The van der Waals surface area contributed by atoms with Gasteiger partial charge in [-0.3, -0.25) is 4.79 Å². The standard InChI is InChI=1S/C12H17N5O/c1-4-14-12(18)10-5-6-11(16-15-10)17(3)9(2)7-8-13/h5-6,9H,4,7H2,1-3H3,(H,14,18). The Kier molecular flexibility index (Phi) is 5.06. The van der Waals surface area contributed by atoms with Gasteiger partial charge in [-0.25, -0.2) is 0 Å². The molecule has 0 spiro atoms. The van der Waals surface area contributed by atoms with Gasteiger partial charge in [0, 0.05) is 19.6 Å². The lowest BCUT2D eigenvalue weighted by molar-refractivity contribution is 0.0950. The summed E-state index contributed by atoms with van der Waals surface area (Å²) in [6.45, 7) is 4.33. The first-order valence-electron chi connectivity index (χ1n) is 5.81. The van der Waals surface area contributed by atoms with E-state index >= 15 is 0 Å². The molecule has 1 aromatic heterocycles. The van der Waals surface area contributed by atoms with Gasteiger partial charge in [0.1, 0.15) is 0 Å². The number of anilines is 1. The largest absolute Gasteiger partial charge is 0.354 e. The second-order valence-electron chi connectivity index (χ2n) is 3.96. The van der Waals surface area contributed by atoms with E-state index in [4.69, 9.17) is 5.26 Å². The molecule has 1 aromatic rings. The number of carbonyl (C=O) groups is 1. The van der Waals surface area contributed by atoms with Crippen molar-refractivity contribution in [2.24, 2.45) is 0 Å². The zero-order chi connectivity index (χ0) is 13.5. The van der Waals surface area contributed by atoms with E-state index in [0.29, 0.717) is 24.5 Å². The number of carbonyl (C=O) groups excluding carboxylic acids is 1. The minimum atomic E-state index is -0.232. The van der Waals surface area contributed by atoms with Crippen molar-refractivity contribution in [3.63, 3.8) is 0 Å². The van der Waals surface area contributed by atoms with Crippen LogP contribution in [0.25, 0.3) is 0 Å². The fraction of sp³-hybridized carbons (Fsp3) is 0.500.